The largest absolute Gasteiger partial charge is 0.478 e. The molecule has 0 aliphatic heterocycles. The number of carboxylic acids is 1. The molecule has 0 saturated carbocycles. The van der Waals surface area contributed by atoms with Crippen molar-refractivity contribution in [3.05, 3.63) is 47.5 Å². The minimum Gasteiger partial charge on any atom is -0.478 e. The van der Waals surface area contributed by atoms with Crippen LogP contribution in [0, 0.1) is 6.92 Å². The predicted octanol–water partition coefficient (Wildman–Crippen LogP) is 2.29. The molecule has 1 aromatic rings. The zero-order chi connectivity index (χ0) is 12.0. The first kappa shape index (κ1) is 12.5. The Kier molecular flexibility index (Phi) is 4.73. The molecule has 0 aliphatic carbocycles. The van der Waals surface area contributed by atoms with E-state index in [-0.39, 0.29) is 6.04 Å². The van der Waals surface area contributed by atoms with Gasteiger partial charge in [0.25, 0.3) is 0 Å². The fourth-order valence-corrected chi connectivity index (χ4v) is 1.59. The smallest absolute Gasteiger partial charge is 0.328 e. The van der Waals surface area contributed by atoms with Gasteiger partial charge in [-0.3, -0.25) is 0 Å². The van der Waals surface area contributed by atoms with Crippen LogP contribution < -0.4 is 5.32 Å². The number of carboxylic acid groups (broad SMARTS) is 1. The summed E-state index contributed by atoms with van der Waals surface area (Å²) in [6.45, 7) is 4.69. The number of carbonyl (C=O) groups is 1. The molecule has 0 amide bonds. The van der Waals surface area contributed by atoms with Crippen LogP contribution in [0.25, 0.3) is 0 Å². The number of hydrogen-bond donors (Lipinski definition) is 2. The van der Waals surface area contributed by atoms with Gasteiger partial charge in [0.05, 0.1) is 0 Å². The van der Waals surface area contributed by atoms with Crippen LogP contribution in [-0.2, 0) is 4.79 Å². The van der Waals surface area contributed by atoms with Crippen molar-refractivity contribution in [3.63, 3.8) is 0 Å². The van der Waals surface area contributed by atoms with E-state index in [2.05, 4.69) is 31.3 Å². The van der Waals surface area contributed by atoms with Gasteiger partial charge < -0.3 is 10.4 Å². The van der Waals surface area contributed by atoms with E-state index >= 15 is 0 Å². The molecule has 0 radical (unpaired) electrons. The highest BCUT2D eigenvalue weighted by Crippen LogP contribution is 2.15. The summed E-state index contributed by atoms with van der Waals surface area (Å²) in [6, 6.07) is 8.39. The zero-order valence-electron chi connectivity index (χ0n) is 9.60. The SMILES string of the molecule is Cc1ccccc1C(C)NC/C=C/C(=O)O. The average molecular weight is 219 g/mol. The molecule has 0 aromatic heterocycles. The van der Waals surface area contributed by atoms with Gasteiger partial charge in [0, 0.05) is 18.7 Å². The maximum Gasteiger partial charge on any atom is 0.328 e. The Bertz CT molecular complexity index is 385. The van der Waals surface area contributed by atoms with Gasteiger partial charge in [0.2, 0.25) is 0 Å². The fourth-order valence-electron chi connectivity index (χ4n) is 1.59. The Hall–Kier alpha value is -1.61. The van der Waals surface area contributed by atoms with E-state index in [1.54, 1.807) is 6.08 Å². The number of aryl methyl sites for hydroxylation is 1. The van der Waals surface area contributed by atoms with Crippen molar-refractivity contribution in [2.24, 2.45) is 0 Å². The molecule has 0 heterocycles. The lowest BCUT2D eigenvalue weighted by Crippen LogP contribution is -2.19. The third-order valence-electron chi connectivity index (χ3n) is 2.46. The van der Waals surface area contributed by atoms with Crippen molar-refractivity contribution in [1.82, 2.24) is 5.32 Å². The van der Waals surface area contributed by atoms with Crippen LogP contribution in [0.2, 0.25) is 0 Å². The molecule has 0 fully saturated rings. The number of benzene rings is 1. The van der Waals surface area contributed by atoms with Crippen LogP contribution in [0.15, 0.2) is 36.4 Å². The highest BCUT2D eigenvalue weighted by molar-refractivity contribution is 5.79. The summed E-state index contributed by atoms with van der Waals surface area (Å²) in [7, 11) is 0. The standard InChI is InChI=1S/C13H17NO2/c1-10-6-3-4-7-12(10)11(2)14-9-5-8-13(15)16/h3-8,11,14H,9H2,1-2H3,(H,15,16)/b8-5+. The van der Waals surface area contributed by atoms with Gasteiger partial charge in [0.1, 0.15) is 0 Å². The number of rotatable bonds is 5. The Morgan fingerprint density at radius 2 is 2.19 bits per heavy atom. The summed E-state index contributed by atoms with van der Waals surface area (Å²) in [5.41, 5.74) is 2.48. The van der Waals surface area contributed by atoms with Crippen molar-refractivity contribution >= 4 is 5.97 Å². The Morgan fingerprint density at radius 3 is 2.81 bits per heavy atom. The van der Waals surface area contributed by atoms with Gasteiger partial charge in [0.15, 0.2) is 0 Å². The van der Waals surface area contributed by atoms with E-state index in [9.17, 15) is 4.79 Å². The van der Waals surface area contributed by atoms with Crippen LogP contribution in [0.1, 0.15) is 24.1 Å². The van der Waals surface area contributed by atoms with Crippen molar-refractivity contribution < 1.29 is 9.90 Å². The van der Waals surface area contributed by atoms with E-state index in [0.29, 0.717) is 6.54 Å². The molecule has 0 saturated heterocycles. The Labute approximate surface area is 95.8 Å². The summed E-state index contributed by atoms with van der Waals surface area (Å²) in [5.74, 6) is -0.912. The van der Waals surface area contributed by atoms with Gasteiger partial charge >= 0.3 is 5.97 Å². The molecule has 1 aromatic carbocycles. The van der Waals surface area contributed by atoms with Crippen LogP contribution in [0.3, 0.4) is 0 Å². The molecule has 3 heteroatoms. The topological polar surface area (TPSA) is 49.3 Å². The molecule has 86 valence electrons. The highest BCUT2D eigenvalue weighted by Gasteiger charge is 2.05. The maximum absolute atomic E-state index is 10.3. The summed E-state index contributed by atoms with van der Waals surface area (Å²) >= 11 is 0. The first-order chi connectivity index (χ1) is 7.61. The van der Waals surface area contributed by atoms with E-state index in [4.69, 9.17) is 5.11 Å². The van der Waals surface area contributed by atoms with E-state index in [1.165, 1.54) is 11.1 Å². The van der Waals surface area contributed by atoms with E-state index in [0.717, 1.165) is 6.08 Å². The van der Waals surface area contributed by atoms with Crippen molar-refractivity contribution in [2.45, 2.75) is 19.9 Å². The third-order valence-corrected chi connectivity index (χ3v) is 2.46. The minimum absolute atomic E-state index is 0.222. The molecular formula is C13H17NO2. The second-order valence-electron chi connectivity index (χ2n) is 3.73. The van der Waals surface area contributed by atoms with Crippen LogP contribution in [-0.4, -0.2) is 17.6 Å². The zero-order valence-corrected chi connectivity index (χ0v) is 9.60. The summed E-state index contributed by atoms with van der Waals surface area (Å²) in [4.78, 5) is 10.3. The first-order valence-corrected chi connectivity index (χ1v) is 5.29. The lowest BCUT2D eigenvalue weighted by molar-refractivity contribution is -0.131. The summed E-state index contributed by atoms with van der Waals surface area (Å²) < 4.78 is 0. The van der Waals surface area contributed by atoms with Crippen molar-refractivity contribution in [1.29, 1.82) is 0 Å². The molecule has 1 rings (SSSR count). The average Bonchev–Trinajstić information content (AvgIpc) is 2.24. The first-order valence-electron chi connectivity index (χ1n) is 5.29. The Balaban J connectivity index is 2.50. The van der Waals surface area contributed by atoms with Gasteiger partial charge in [-0.1, -0.05) is 30.3 Å². The second-order valence-corrected chi connectivity index (χ2v) is 3.73. The highest BCUT2D eigenvalue weighted by atomic mass is 16.4. The predicted molar refractivity (Wildman–Crippen MR) is 64.4 cm³/mol. The van der Waals surface area contributed by atoms with Crippen LogP contribution >= 0.6 is 0 Å². The normalized spacial score (nSPS) is 12.9. The van der Waals surface area contributed by atoms with Gasteiger partial charge in [-0.05, 0) is 25.0 Å². The molecule has 0 spiro atoms. The molecular weight excluding hydrogens is 202 g/mol. The van der Waals surface area contributed by atoms with Gasteiger partial charge in [-0.15, -0.1) is 0 Å². The van der Waals surface area contributed by atoms with E-state index in [1.807, 2.05) is 12.1 Å². The Morgan fingerprint density at radius 1 is 1.50 bits per heavy atom. The molecule has 2 N–H and O–H groups in total. The van der Waals surface area contributed by atoms with Gasteiger partial charge in [-0.25, -0.2) is 4.79 Å². The third kappa shape index (κ3) is 3.87. The molecule has 3 nitrogen and oxygen atoms in total. The fraction of sp³-hybridized carbons (Fsp3) is 0.308. The molecule has 0 bridgehead atoms. The van der Waals surface area contributed by atoms with Crippen LogP contribution in [0.5, 0.6) is 0 Å². The van der Waals surface area contributed by atoms with E-state index < -0.39 is 5.97 Å². The lowest BCUT2D eigenvalue weighted by atomic mass is 10.0. The number of nitrogens with one attached hydrogen (secondary N) is 1. The van der Waals surface area contributed by atoms with Crippen molar-refractivity contribution in [2.75, 3.05) is 6.54 Å². The lowest BCUT2D eigenvalue weighted by Gasteiger charge is -2.15. The maximum atomic E-state index is 10.3. The quantitative estimate of drug-likeness (QED) is 0.747. The summed E-state index contributed by atoms with van der Waals surface area (Å²) in [5, 5.41) is 11.7. The number of hydrogen-bond acceptors (Lipinski definition) is 2. The second kappa shape index (κ2) is 6.08. The molecule has 1 unspecified atom stereocenters. The minimum atomic E-state index is -0.912. The van der Waals surface area contributed by atoms with Gasteiger partial charge in [-0.2, -0.15) is 0 Å². The summed E-state index contributed by atoms with van der Waals surface area (Å²) in [6.07, 6.45) is 2.76. The molecule has 16 heavy (non-hydrogen) atoms. The molecule has 0 aliphatic rings. The number of aliphatic carboxylic acids is 1. The van der Waals surface area contributed by atoms with Crippen molar-refractivity contribution in [3.8, 4) is 0 Å². The van der Waals surface area contributed by atoms with Crippen LogP contribution in [0.4, 0.5) is 0 Å². The molecule has 1 atom stereocenters. The monoisotopic (exact) mass is 219 g/mol.